The molecule has 0 atom stereocenters. The fourth-order valence-electron chi connectivity index (χ4n) is 4.76. The van der Waals surface area contributed by atoms with Gasteiger partial charge >= 0.3 is 0 Å². The molecule has 0 saturated carbocycles. The maximum absolute atomic E-state index is 13.2. The molecule has 0 aromatic heterocycles. The van der Waals surface area contributed by atoms with Gasteiger partial charge in [-0.3, -0.25) is 14.6 Å². The Kier molecular flexibility index (Phi) is 4.64. The van der Waals surface area contributed by atoms with Crippen molar-refractivity contribution < 1.29 is 9.59 Å². The molecular weight excluding hydrogens is 420 g/mol. The van der Waals surface area contributed by atoms with Crippen molar-refractivity contribution in [1.82, 2.24) is 0 Å². The minimum absolute atomic E-state index is 0.179. The molecular formula is C27H21ClN2O2. The van der Waals surface area contributed by atoms with Crippen LogP contribution in [0.4, 0.5) is 11.4 Å². The number of carbonyl (C=O) groups is 2. The van der Waals surface area contributed by atoms with Crippen molar-refractivity contribution in [3.8, 4) is 0 Å². The summed E-state index contributed by atoms with van der Waals surface area (Å²) in [5.41, 5.74) is 5.02. The molecule has 3 aromatic rings. The van der Waals surface area contributed by atoms with Gasteiger partial charge in [0.15, 0.2) is 11.6 Å². The number of allylic oxidation sites excluding steroid dienone is 2. The Morgan fingerprint density at radius 1 is 0.875 bits per heavy atom. The zero-order valence-corrected chi connectivity index (χ0v) is 18.8. The van der Waals surface area contributed by atoms with Crippen molar-refractivity contribution in [3.63, 3.8) is 0 Å². The second-order valence-corrected chi connectivity index (χ2v) is 8.96. The fraction of sp³-hybridized carbons (Fsp3) is 0.148. The number of hydrogen-bond donors (Lipinski definition) is 0. The smallest absolute Gasteiger partial charge is 0.196 e. The maximum Gasteiger partial charge on any atom is 0.196 e. The van der Waals surface area contributed by atoms with E-state index in [-0.39, 0.29) is 33.1 Å². The first-order chi connectivity index (χ1) is 15.3. The van der Waals surface area contributed by atoms with Gasteiger partial charge in [0.25, 0.3) is 0 Å². The number of rotatable bonds is 2. The molecule has 2 aliphatic rings. The standard InChI is InChI=1S/C27H21ClN2O2/c1-27(2)18-10-6-7-11-21(18)30(3)22(27)14-15-29-20-13-12-19(28)23-24(20)26(32)17-9-5-4-8-16(17)25(23)31/h4-15H,1-3H3/b22-14-,29-15?. The van der Waals surface area contributed by atoms with E-state index in [1.54, 1.807) is 42.6 Å². The highest BCUT2D eigenvalue weighted by molar-refractivity contribution is 6.39. The van der Waals surface area contributed by atoms with Gasteiger partial charge in [0.1, 0.15) is 0 Å². The topological polar surface area (TPSA) is 49.7 Å². The summed E-state index contributed by atoms with van der Waals surface area (Å²) in [5.74, 6) is -0.481. The zero-order valence-electron chi connectivity index (χ0n) is 18.0. The van der Waals surface area contributed by atoms with Crippen LogP contribution in [0.3, 0.4) is 0 Å². The lowest BCUT2D eigenvalue weighted by Gasteiger charge is -2.23. The maximum atomic E-state index is 13.2. The largest absolute Gasteiger partial charge is 0.347 e. The first kappa shape index (κ1) is 20.4. The second-order valence-electron chi connectivity index (χ2n) is 8.55. The van der Waals surface area contributed by atoms with Crippen LogP contribution in [0.25, 0.3) is 0 Å². The number of fused-ring (bicyclic) bond motifs is 3. The van der Waals surface area contributed by atoms with Crippen LogP contribution in [-0.2, 0) is 5.41 Å². The van der Waals surface area contributed by atoms with Gasteiger partial charge in [-0.25, -0.2) is 0 Å². The minimum Gasteiger partial charge on any atom is -0.347 e. The number of benzene rings is 3. The molecule has 158 valence electrons. The lowest BCUT2D eigenvalue weighted by molar-refractivity contribution is 0.0979. The number of aliphatic imine (C=N–C) groups is 1. The fourth-order valence-corrected chi connectivity index (χ4v) is 5.01. The summed E-state index contributed by atoms with van der Waals surface area (Å²) < 4.78 is 0. The monoisotopic (exact) mass is 440 g/mol. The Bertz CT molecular complexity index is 1370. The Morgan fingerprint density at radius 2 is 1.50 bits per heavy atom. The van der Waals surface area contributed by atoms with Crippen LogP contribution in [0.5, 0.6) is 0 Å². The van der Waals surface area contributed by atoms with Crippen LogP contribution in [0.15, 0.2) is 77.4 Å². The van der Waals surface area contributed by atoms with Gasteiger partial charge in [0.2, 0.25) is 0 Å². The quantitative estimate of drug-likeness (QED) is 0.352. The molecule has 0 fully saturated rings. The molecule has 0 bridgehead atoms. The molecule has 0 unspecified atom stereocenters. The number of anilines is 1. The normalized spacial score (nSPS) is 17.6. The van der Waals surface area contributed by atoms with Crippen molar-refractivity contribution in [3.05, 3.63) is 105 Å². The second kappa shape index (κ2) is 7.28. The van der Waals surface area contributed by atoms with Gasteiger partial charge in [-0.1, -0.05) is 67.9 Å². The van der Waals surface area contributed by atoms with Gasteiger partial charge in [-0.2, -0.15) is 0 Å². The molecule has 0 spiro atoms. The Hall–Kier alpha value is -3.50. The van der Waals surface area contributed by atoms with Crippen LogP contribution in [0.2, 0.25) is 5.02 Å². The summed E-state index contributed by atoms with van der Waals surface area (Å²) in [6.45, 7) is 4.36. The van der Waals surface area contributed by atoms with Crippen LogP contribution in [0.1, 0.15) is 51.3 Å². The van der Waals surface area contributed by atoms with Crippen molar-refractivity contribution in [2.75, 3.05) is 11.9 Å². The average molecular weight is 441 g/mol. The van der Waals surface area contributed by atoms with E-state index >= 15 is 0 Å². The van der Waals surface area contributed by atoms with Crippen LogP contribution in [0, 0.1) is 0 Å². The highest BCUT2D eigenvalue weighted by Gasteiger charge is 2.38. The predicted octanol–water partition coefficient (Wildman–Crippen LogP) is 6.13. The molecule has 1 aliphatic carbocycles. The van der Waals surface area contributed by atoms with Gasteiger partial charge in [0.05, 0.1) is 21.8 Å². The Morgan fingerprint density at radius 3 is 2.19 bits per heavy atom. The van der Waals surface area contributed by atoms with Crippen LogP contribution < -0.4 is 4.90 Å². The molecule has 32 heavy (non-hydrogen) atoms. The molecule has 0 N–H and O–H groups in total. The van der Waals surface area contributed by atoms with Crippen molar-refractivity contribution in [2.45, 2.75) is 19.3 Å². The first-order valence-corrected chi connectivity index (χ1v) is 10.8. The number of hydrogen-bond acceptors (Lipinski definition) is 4. The lowest BCUT2D eigenvalue weighted by atomic mass is 9.83. The van der Waals surface area contributed by atoms with E-state index in [9.17, 15) is 9.59 Å². The van der Waals surface area contributed by atoms with E-state index < -0.39 is 0 Å². The lowest BCUT2D eigenvalue weighted by Crippen LogP contribution is -2.23. The Labute approximate surface area is 191 Å². The third-order valence-corrected chi connectivity index (χ3v) is 6.70. The third kappa shape index (κ3) is 2.87. The van der Waals surface area contributed by atoms with Crippen molar-refractivity contribution in [1.29, 1.82) is 0 Å². The minimum atomic E-state index is -0.247. The molecule has 1 aliphatic heterocycles. The van der Waals surface area contributed by atoms with Crippen molar-refractivity contribution >= 4 is 40.8 Å². The average Bonchev–Trinajstić information content (AvgIpc) is 2.99. The molecule has 0 saturated heterocycles. The van der Waals surface area contributed by atoms with Gasteiger partial charge < -0.3 is 4.90 Å². The molecule has 3 aromatic carbocycles. The van der Waals surface area contributed by atoms with Gasteiger partial charge in [-0.15, -0.1) is 0 Å². The van der Waals surface area contributed by atoms with Crippen molar-refractivity contribution in [2.24, 2.45) is 4.99 Å². The van der Waals surface area contributed by atoms with E-state index in [4.69, 9.17) is 11.6 Å². The summed E-state index contributed by atoms with van der Waals surface area (Å²) in [4.78, 5) is 33.0. The number of nitrogens with zero attached hydrogens (tertiary/aromatic N) is 2. The van der Waals surface area contributed by atoms with E-state index in [0.717, 1.165) is 5.70 Å². The number of para-hydroxylation sites is 1. The third-order valence-electron chi connectivity index (χ3n) is 6.39. The molecule has 1 heterocycles. The highest BCUT2D eigenvalue weighted by atomic mass is 35.5. The van der Waals surface area contributed by atoms with Crippen LogP contribution in [-0.4, -0.2) is 24.8 Å². The van der Waals surface area contributed by atoms with E-state index in [0.29, 0.717) is 16.8 Å². The summed E-state index contributed by atoms with van der Waals surface area (Å²) in [6, 6.07) is 18.5. The first-order valence-electron chi connectivity index (χ1n) is 10.4. The predicted molar refractivity (Wildman–Crippen MR) is 129 cm³/mol. The summed E-state index contributed by atoms with van der Waals surface area (Å²) in [6.07, 6.45) is 3.66. The molecule has 5 rings (SSSR count). The van der Waals surface area contributed by atoms with E-state index in [1.807, 2.05) is 25.3 Å². The number of carbonyl (C=O) groups excluding carboxylic acids is 2. The number of likely N-dealkylation sites (N-methyl/N-ethyl adjacent to an activating group) is 1. The summed E-state index contributed by atoms with van der Waals surface area (Å²) in [5, 5.41) is 0.261. The molecule has 5 heteroatoms. The Balaban J connectivity index is 1.57. The summed E-state index contributed by atoms with van der Waals surface area (Å²) in [7, 11) is 2.04. The molecule has 0 radical (unpaired) electrons. The zero-order chi connectivity index (χ0) is 22.6. The number of halogens is 1. The van der Waals surface area contributed by atoms with Gasteiger partial charge in [-0.05, 0) is 29.8 Å². The van der Waals surface area contributed by atoms with Gasteiger partial charge in [0, 0.05) is 41.2 Å². The molecule has 0 amide bonds. The summed E-state index contributed by atoms with van der Waals surface area (Å²) >= 11 is 6.34. The van der Waals surface area contributed by atoms with Crippen LogP contribution >= 0.6 is 11.6 Å². The SMILES string of the molecule is CN1/C(=C\C=Nc2ccc(Cl)c3c2C(=O)c2ccccc2C3=O)C(C)(C)c2ccccc21. The highest BCUT2D eigenvalue weighted by Crippen LogP contribution is 2.46. The number of ketones is 2. The van der Waals surface area contributed by atoms with E-state index in [1.165, 1.54) is 11.3 Å². The van der Waals surface area contributed by atoms with E-state index in [2.05, 4.69) is 35.9 Å². The molecule has 4 nitrogen and oxygen atoms in total.